The summed E-state index contributed by atoms with van der Waals surface area (Å²) in [6.45, 7) is 4.27. The number of hydrogen-bond acceptors (Lipinski definition) is 5. The fraction of sp³-hybridized carbons (Fsp3) is 0.368. The second-order valence-corrected chi connectivity index (χ2v) is 6.49. The third-order valence-electron chi connectivity index (χ3n) is 5.07. The first-order valence-corrected chi connectivity index (χ1v) is 8.72. The fourth-order valence-electron chi connectivity index (χ4n) is 3.76. The predicted molar refractivity (Wildman–Crippen MR) is 95.2 cm³/mol. The van der Waals surface area contributed by atoms with E-state index in [0.717, 1.165) is 36.3 Å². The molecule has 25 heavy (non-hydrogen) atoms. The van der Waals surface area contributed by atoms with Crippen molar-refractivity contribution in [3.8, 4) is 11.9 Å². The molecule has 3 heterocycles. The standard InChI is InChI=1S/C19H21N5O/c1-2-15-17-16(14(11-20)18(21)25-19(17)23-22-15)12-5-7-13(8-6-12)24-9-3-4-10-24/h5-8,16H,2-4,9-10,21H2,1H3,(H,22,23)/t16-/m0/s1. The molecule has 0 amide bonds. The van der Waals surface area contributed by atoms with Crippen molar-refractivity contribution in [3.05, 3.63) is 52.5 Å². The minimum absolute atomic E-state index is 0.137. The normalized spacial score (nSPS) is 19.5. The quantitative estimate of drug-likeness (QED) is 0.900. The van der Waals surface area contributed by atoms with Crippen LogP contribution in [0, 0.1) is 11.3 Å². The summed E-state index contributed by atoms with van der Waals surface area (Å²) in [6, 6.07) is 10.7. The summed E-state index contributed by atoms with van der Waals surface area (Å²) in [5.41, 5.74) is 10.6. The number of aryl methyl sites for hydroxylation is 1. The van der Waals surface area contributed by atoms with Gasteiger partial charge in [-0.1, -0.05) is 19.1 Å². The zero-order chi connectivity index (χ0) is 17.4. The van der Waals surface area contributed by atoms with Gasteiger partial charge in [0.25, 0.3) is 0 Å². The summed E-state index contributed by atoms with van der Waals surface area (Å²) in [5.74, 6) is 0.370. The predicted octanol–water partition coefficient (Wildman–Crippen LogP) is 2.79. The lowest BCUT2D eigenvalue weighted by atomic mass is 9.83. The van der Waals surface area contributed by atoms with E-state index in [1.54, 1.807) is 0 Å². The van der Waals surface area contributed by atoms with Gasteiger partial charge in [0.15, 0.2) is 0 Å². The summed E-state index contributed by atoms with van der Waals surface area (Å²) >= 11 is 0. The number of H-pyrrole nitrogens is 1. The molecule has 0 radical (unpaired) electrons. The second-order valence-electron chi connectivity index (χ2n) is 6.49. The van der Waals surface area contributed by atoms with Gasteiger partial charge in [0.1, 0.15) is 11.6 Å². The lowest BCUT2D eigenvalue weighted by molar-refractivity contribution is 0.378. The first-order chi connectivity index (χ1) is 12.2. The molecule has 1 aromatic heterocycles. The van der Waals surface area contributed by atoms with Crippen LogP contribution in [0.1, 0.15) is 42.5 Å². The Morgan fingerprint density at radius 3 is 2.68 bits per heavy atom. The van der Waals surface area contributed by atoms with Crippen molar-refractivity contribution in [1.29, 1.82) is 5.26 Å². The molecule has 1 atom stereocenters. The Bertz CT molecular complexity index is 853. The first-order valence-electron chi connectivity index (χ1n) is 8.72. The number of aromatic nitrogens is 2. The van der Waals surface area contributed by atoms with E-state index in [2.05, 4.69) is 52.4 Å². The summed E-state index contributed by atoms with van der Waals surface area (Å²) in [6.07, 6.45) is 3.28. The van der Waals surface area contributed by atoms with Crippen LogP contribution in [0.4, 0.5) is 5.69 Å². The van der Waals surface area contributed by atoms with Crippen LogP contribution >= 0.6 is 0 Å². The van der Waals surface area contributed by atoms with Crippen LogP contribution < -0.4 is 15.4 Å². The van der Waals surface area contributed by atoms with Gasteiger partial charge in [0.05, 0.1) is 5.92 Å². The summed E-state index contributed by atoms with van der Waals surface area (Å²) in [4.78, 5) is 2.39. The number of ether oxygens (including phenoxy) is 1. The van der Waals surface area contributed by atoms with Crippen molar-refractivity contribution in [3.63, 3.8) is 0 Å². The molecule has 0 unspecified atom stereocenters. The van der Waals surface area contributed by atoms with Gasteiger partial charge < -0.3 is 15.4 Å². The van der Waals surface area contributed by atoms with Crippen molar-refractivity contribution >= 4 is 5.69 Å². The fourth-order valence-corrected chi connectivity index (χ4v) is 3.76. The molecule has 2 aliphatic rings. The van der Waals surface area contributed by atoms with E-state index in [1.165, 1.54) is 18.5 Å². The van der Waals surface area contributed by atoms with Gasteiger partial charge in [-0.2, -0.15) is 5.26 Å². The first kappa shape index (κ1) is 15.6. The van der Waals surface area contributed by atoms with Crippen LogP contribution in [-0.2, 0) is 6.42 Å². The molecule has 2 aliphatic heterocycles. The number of benzene rings is 1. The molecule has 4 rings (SSSR count). The minimum Gasteiger partial charge on any atom is -0.420 e. The van der Waals surface area contributed by atoms with Crippen LogP contribution in [0.2, 0.25) is 0 Å². The highest BCUT2D eigenvalue weighted by atomic mass is 16.5. The highest BCUT2D eigenvalue weighted by molar-refractivity contribution is 5.57. The summed E-state index contributed by atoms with van der Waals surface area (Å²) in [5, 5.41) is 16.9. The van der Waals surface area contributed by atoms with Crippen molar-refractivity contribution in [2.24, 2.45) is 5.73 Å². The molecule has 1 saturated heterocycles. The lowest BCUT2D eigenvalue weighted by Gasteiger charge is -2.25. The van der Waals surface area contributed by atoms with Crippen molar-refractivity contribution in [1.82, 2.24) is 10.2 Å². The van der Waals surface area contributed by atoms with Crippen molar-refractivity contribution in [2.75, 3.05) is 18.0 Å². The Labute approximate surface area is 146 Å². The van der Waals surface area contributed by atoms with Gasteiger partial charge in [-0.15, -0.1) is 5.10 Å². The maximum absolute atomic E-state index is 9.64. The Hall–Kier alpha value is -2.94. The number of fused-ring (bicyclic) bond motifs is 1. The van der Waals surface area contributed by atoms with E-state index < -0.39 is 0 Å². The van der Waals surface area contributed by atoms with E-state index in [4.69, 9.17) is 10.5 Å². The van der Waals surface area contributed by atoms with E-state index >= 15 is 0 Å². The number of nitrogens with zero attached hydrogens (tertiary/aromatic N) is 3. The zero-order valence-corrected chi connectivity index (χ0v) is 14.2. The highest BCUT2D eigenvalue weighted by Gasteiger charge is 2.34. The Morgan fingerprint density at radius 2 is 2.04 bits per heavy atom. The second kappa shape index (κ2) is 6.17. The lowest BCUT2D eigenvalue weighted by Crippen LogP contribution is -2.21. The number of aromatic amines is 1. The number of anilines is 1. The van der Waals surface area contributed by atoms with Crippen LogP contribution in [0.25, 0.3) is 0 Å². The van der Waals surface area contributed by atoms with E-state index in [0.29, 0.717) is 11.5 Å². The third-order valence-corrected chi connectivity index (χ3v) is 5.07. The average Bonchev–Trinajstić information content (AvgIpc) is 3.30. The molecule has 3 N–H and O–H groups in total. The SMILES string of the molecule is CCc1[nH]nc2c1[C@@H](c1ccc(N3CCCC3)cc1)C(C#N)=C(N)O2. The minimum atomic E-state index is -0.241. The molecule has 0 spiro atoms. The molecule has 0 aliphatic carbocycles. The largest absolute Gasteiger partial charge is 0.420 e. The van der Waals surface area contributed by atoms with E-state index in [1.807, 2.05) is 0 Å². The number of nitrogens with two attached hydrogens (primary N) is 1. The number of allylic oxidation sites excluding steroid dienone is 1. The smallest absolute Gasteiger partial charge is 0.244 e. The van der Waals surface area contributed by atoms with Crippen LogP contribution in [0.3, 0.4) is 0 Å². The summed E-state index contributed by atoms with van der Waals surface area (Å²) in [7, 11) is 0. The molecule has 6 nitrogen and oxygen atoms in total. The zero-order valence-electron chi connectivity index (χ0n) is 14.2. The molecule has 128 valence electrons. The number of hydrogen-bond donors (Lipinski definition) is 2. The molecule has 6 heteroatoms. The molecule has 1 aromatic carbocycles. The number of rotatable bonds is 3. The van der Waals surface area contributed by atoms with E-state index in [-0.39, 0.29) is 11.8 Å². The Morgan fingerprint density at radius 1 is 1.32 bits per heavy atom. The van der Waals surface area contributed by atoms with E-state index in [9.17, 15) is 5.26 Å². The monoisotopic (exact) mass is 335 g/mol. The van der Waals surface area contributed by atoms with Crippen LogP contribution in [0.15, 0.2) is 35.7 Å². The van der Waals surface area contributed by atoms with Crippen molar-refractivity contribution < 1.29 is 4.74 Å². The molecule has 1 fully saturated rings. The summed E-state index contributed by atoms with van der Waals surface area (Å²) < 4.78 is 5.56. The highest BCUT2D eigenvalue weighted by Crippen LogP contribution is 2.43. The average molecular weight is 335 g/mol. The van der Waals surface area contributed by atoms with Gasteiger partial charge >= 0.3 is 0 Å². The Balaban J connectivity index is 1.77. The molecular weight excluding hydrogens is 314 g/mol. The van der Waals surface area contributed by atoms with Gasteiger partial charge in [-0.3, -0.25) is 5.10 Å². The van der Waals surface area contributed by atoms with Gasteiger partial charge in [-0.05, 0) is 37.0 Å². The van der Waals surface area contributed by atoms with Gasteiger partial charge in [-0.25, -0.2) is 0 Å². The molecule has 0 saturated carbocycles. The van der Waals surface area contributed by atoms with Crippen LogP contribution in [0.5, 0.6) is 5.88 Å². The maximum atomic E-state index is 9.64. The molecule has 2 aromatic rings. The third kappa shape index (κ3) is 2.52. The van der Waals surface area contributed by atoms with Gasteiger partial charge in [0.2, 0.25) is 11.8 Å². The van der Waals surface area contributed by atoms with Gasteiger partial charge in [0, 0.05) is 30.0 Å². The van der Waals surface area contributed by atoms with Crippen LogP contribution in [-0.4, -0.2) is 23.3 Å². The maximum Gasteiger partial charge on any atom is 0.244 e. The topological polar surface area (TPSA) is 91.0 Å². The molecule has 0 bridgehead atoms. The Kier molecular flexibility index (Phi) is 3.85. The van der Waals surface area contributed by atoms with Crippen molar-refractivity contribution in [2.45, 2.75) is 32.1 Å². The number of nitrogens with one attached hydrogen (secondary N) is 1. The number of nitriles is 1. The molecular formula is C19H21N5O.